The van der Waals surface area contributed by atoms with Crippen LogP contribution in [0.3, 0.4) is 0 Å². The van der Waals surface area contributed by atoms with Crippen molar-refractivity contribution in [2.45, 2.75) is 43.3 Å². The van der Waals surface area contributed by atoms with Gasteiger partial charge in [0.2, 0.25) is 10.9 Å². The Morgan fingerprint density at radius 3 is 2.60 bits per heavy atom. The maximum Gasteiger partial charge on any atom is 0.296 e. The van der Waals surface area contributed by atoms with Gasteiger partial charge in [0.1, 0.15) is 5.82 Å². The minimum atomic E-state index is -0.978. The van der Waals surface area contributed by atoms with Gasteiger partial charge < -0.3 is 14.6 Å². The third kappa shape index (κ3) is 6.92. The average Bonchev–Trinajstić information content (AvgIpc) is 3.74. The van der Waals surface area contributed by atoms with Crippen molar-refractivity contribution >= 4 is 51.3 Å². The number of aliphatic hydroxyl groups is 1. The van der Waals surface area contributed by atoms with E-state index in [1.165, 1.54) is 51.5 Å². The normalized spacial score (nSPS) is 15.0. The van der Waals surface area contributed by atoms with E-state index in [-0.39, 0.29) is 16.5 Å². The summed E-state index contributed by atoms with van der Waals surface area (Å²) in [6, 6.07) is 13.9. The Balaban J connectivity index is 1.50. The van der Waals surface area contributed by atoms with Gasteiger partial charge in [-0.2, -0.15) is 0 Å². The van der Waals surface area contributed by atoms with Gasteiger partial charge in [-0.3, -0.25) is 14.5 Å². The van der Waals surface area contributed by atoms with Crippen molar-refractivity contribution in [2.75, 3.05) is 18.1 Å². The second-order valence-corrected chi connectivity index (χ2v) is 13.2. The number of amides is 1. The van der Waals surface area contributed by atoms with E-state index in [0.29, 0.717) is 51.2 Å². The van der Waals surface area contributed by atoms with Crippen LogP contribution in [0.25, 0.3) is 0 Å². The van der Waals surface area contributed by atoms with Crippen LogP contribution in [0.1, 0.15) is 54.0 Å². The summed E-state index contributed by atoms with van der Waals surface area (Å²) in [6.45, 7) is 6.99. The van der Waals surface area contributed by atoms with Gasteiger partial charge >= 0.3 is 0 Å². The molecule has 0 spiro atoms. The van der Waals surface area contributed by atoms with Crippen LogP contribution in [0.15, 0.2) is 75.6 Å². The first-order chi connectivity index (χ1) is 20.8. The molecule has 224 valence electrons. The Morgan fingerprint density at radius 2 is 1.91 bits per heavy atom. The lowest BCUT2D eigenvalue weighted by molar-refractivity contribution is -0.117. The maximum absolute atomic E-state index is 13.7. The highest BCUT2D eigenvalue weighted by Crippen LogP contribution is 2.45. The molecule has 2 aromatic heterocycles. The summed E-state index contributed by atoms with van der Waals surface area (Å²) in [5.41, 5.74) is 1.41. The molecule has 3 heterocycles. The van der Waals surface area contributed by atoms with Gasteiger partial charge in [-0.15, -0.1) is 21.5 Å². The lowest BCUT2D eigenvalue weighted by atomic mass is 9.95. The summed E-state index contributed by atoms with van der Waals surface area (Å²) in [5.74, 6) is -0.117. The van der Waals surface area contributed by atoms with Crippen LogP contribution in [0.4, 0.5) is 9.52 Å². The summed E-state index contributed by atoms with van der Waals surface area (Å²) in [7, 11) is 0. The maximum atomic E-state index is 13.7. The van der Waals surface area contributed by atoms with Crippen molar-refractivity contribution in [2.24, 2.45) is 5.92 Å². The van der Waals surface area contributed by atoms with Gasteiger partial charge in [0.15, 0.2) is 21.6 Å². The predicted molar refractivity (Wildman–Crippen MR) is 167 cm³/mol. The molecule has 0 saturated carbocycles. The number of halogens is 1. The van der Waals surface area contributed by atoms with Crippen molar-refractivity contribution in [1.82, 2.24) is 10.2 Å². The zero-order valence-corrected chi connectivity index (χ0v) is 26.2. The number of Topliss-reactive ketones (excluding diaryl/α,β-unsaturated/α-hetero) is 1. The molecule has 2 aromatic carbocycles. The molecule has 1 unspecified atom stereocenters. The topological polar surface area (TPSA) is 102 Å². The number of hydrogen-bond donors (Lipinski definition) is 1. The number of hydrogen-bond acceptors (Lipinski definition) is 10. The van der Waals surface area contributed by atoms with E-state index in [9.17, 15) is 19.1 Å². The molecule has 4 aromatic rings. The van der Waals surface area contributed by atoms with E-state index >= 15 is 0 Å². The van der Waals surface area contributed by atoms with E-state index in [1.54, 1.807) is 47.8 Å². The molecule has 0 radical (unpaired) electrons. The molecule has 5 rings (SSSR count). The standard InChI is InChI=1S/C31H30FN3O5S3/c1-4-39-23-16-20(9-12-22(23)40-14-13-18(2)3)26-25(27(36)24-6-5-15-41-24)28(37)29(38)35(26)30-33-34-31(43-30)42-17-19-7-10-21(32)11-8-19/h5-12,15-16,18,26,37H,4,13-14,17H2,1-3H3. The molecule has 1 atom stereocenters. The van der Waals surface area contributed by atoms with Crippen molar-refractivity contribution in [3.63, 3.8) is 0 Å². The number of thiophene rings is 1. The van der Waals surface area contributed by atoms with Gasteiger partial charge in [-0.05, 0) is 66.1 Å². The molecule has 0 aliphatic carbocycles. The number of benzene rings is 2. The number of ketones is 1. The fourth-order valence-electron chi connectivity index (χ4n) is 4.46. The van der Waals surface area contributed by atoms with Gasteiger partial charge in [0, 0.05) is 5.75 Å². The summed E-state index contributed by atoms with van der Waals surface area (Å²) in [4.78, 5) is 29.0. The molecule has 1 amide bonds. The smallest absolute Gasteiger partial charge is 0.296 e. The lowest BCUT2D eigenvalue weighted by Crippen LogP contribution is -2.31. The molecule has 0 saturated heterocycles. The van der Waals surface area contributed by atoms with Crippen molar-refractivity contribution in [3.05, 3.63) is 93.1 Å². The molecule has 0 bridgehead atoms. The highest BCUT2D eigenvalue weighted by atomic mass is 32.2. The second-order valence-electron chi connectivity index (χ2n) is 10.1. The number of carbonyl (C=O) groups excluding carboxylic acids is 2. The molecule has 1 aliphatic rings. The predicted octanol–water partition coefficient (Wildman–Crippen LogP) is 7.64. The summed E-state index contributed by atoms with van der Waals surface area (Å²) in [6.07, 6.45) is 0.868. The summed E-state index contributed by atoms with van der Waals surface area (Å²) >= 11 is 3.79. The van der Waals surface area contributed by atoms with Crippen LogP contribution in [-0.4, -0.2) is 40.2 Å². The van der Waals surface area contributed by atoms with Gasteiger partial charge in [-0.25, -0.2) is 4.39 Å². The minimum absolute atomic E-state index is 0.0425. The zero-order chi connectivity index (χ0) is 30.5. The van der Waals surface area contributed by atoms with Gasteiger partial charge in [-0.1, -0.05) is 61.2 Å². The summed E-state index contributed by atoms with van der Waals surface area (Å²) < 4.78 is 25.8. The Hall–Kier alpha value is -3.74. The first-order valence-corrected chi connectivity index (χ1v) is 16.4. The van der Waals surface area contributed by atoms with Gasteiger partial charge in [0.25, 0.3) is 5.91 Å². The van der Waals surface area contributed by atoms with E-state index < -0.39 is 23.5 Å². The highest BCUT2D eigenvalue weighted by Gasteiger charge is 2.46. The van der Waals surface area contributed by atoms with E-state index in [0.717, 1.165) is 12.0 Å². The Kier molecular flexibility index (Phi) is 9.79. The summed E-state index contributed by atoms with van der Waals surface area (Å²) in [5, 5.41) is 21.6. The average molecular weight is 640 g/mol. The van der Waals surface area contributed by atoms with E-state index in [1.807, 2.05) is 6.92 Å². The number of rotatable bonds is 13. The van der Waals surface area contributed by atoms with Crippen molar-refractivity contribution in [3.8, 4) is 11.5 Å². The van der Waals surface area contributed by atoms with E-state index in [4.69, 9.17) is 9.47 Å². The third-order valence-electron chi connectivity index (χ3n) is 6.61. The number of thioether (sulfide) groups is 1. The minimum Gasteiger partial charge on any atom is -0.503 e. The lowest BCUT2D eigenvalue weighted by Gasteiger charge is -2.25. The number of ether oxygens (including phenoxy) is 2. The number of anilines is 1. The second kappa shape index (κ2) is 13.7. The SMILES string of the molecule is CCOc1cc(C2C(C(=O)c3cccs3)=C(O)C(=O)N2c2nnc(SCc3ccc(F)cc3)s2)ccc1OCCC(C)C. The molecule has 1 aliphatic heterocycles. The number of aliphatic hydroxyl groups excluding tert-OH is 1. The third-order valence-corrected chi connectivity index (χ3v) is 9.61. The monoisotopic (exact) mass is 639 g/mol. The van der Waals surface area contributed by atoms with E-state index in [2.05, 4.69) is 24.0 Å². The molecular weight excluding hydrogens is 610 g/mol. The first-order valence-electron chi connectivity index (χ1n) is 13.7. The molecule has 8 nitrogen and oxygen atoms in total. The quantitative estimate of drug-likeness (QED) is 0.0905. The first kappa shape index (κ1) is 30.7. The van der Waals surface area contributed by atoms with Crippen LogP contribution in [0.2, 0.25) is 0 Å². The fraction of sp³-hybridized carbons (Fsp3) is 0.290. The Bertz CT molecular complexity index is 1620. The fourth-order valence-corrected chi connectivity index (χ4v) is 6.96. The molecule has 12 heteroatoms. The van der Waals surface area contributed by atoms with Crippen LogP contribution in [-0.2, 0) is 10.5 Å². The number of aromatic nitrogens is 2. The van der Waals surface area contributed by atoms with Crippen molar-refractivity contribution in [1.29, 1.82) is 0 Å². The van der Waals surface area contributed by atoms with Gasteiger partial charge in [0.05, 0.1) is 29.7 Å². The number of carbonyl (C=O) groups is 2. The van der Waals surface area contributed by atoms with Crippen LogP contribution in [0.5, 0.6) is 11.5 Å². The largest absolute Gasteiger partial charge is 0.503 e. The van der Waals surface area contributed by atoms with Crippen molar-refractivity contribution < 1.29 is 28.6 Å². The van der Waals surface area contributed by atoms with Crippen LogP contribution < -0.4 is 14.4 Å². The highest BCUT2D eigenvalue weighted by molar-refractivity contribution is 8.00. The molecular formula is C31H30FN3O5S3. The molecule has 1 N–H and O–H groups in total. The molecule has 43 heavy (non-hydrogen) atoms. The molecule has 0 fully saturated rings. The Labute approximate surface area is 261 Å². The number of nitrogens with zero attached hydrogens (tertiary/aromatic N) is 3. The Morgan fingerprint density at radius 1 is 1.12 bits per heavy atom. The zero-order valence-electron chi connectivity index (χ0n) is 23.8. The van der Waals surface area contributed by atoms with Crippen LogP contribution in [0, 0.1) is 11.7 Å². The van der Waals surface area contributed by atoms with Crippen LogP contribution >= 0.6 is 34.4 Å².